The molecule has 0 aliphatic carbocycles. The van der Waals surface area contributed by atoms with Crippen molar-refractivity contribution >= 4 is 28.5 Å². The summed E-state index contributed by atoms with van der Waals surface area (Å²) in [6.45, 7) is 2.41. The third kappa shape index (κ3) is 2.68. The number of halogens is 1. The van der Waals surface area contributed by atoms with Gasteiger partial charge in [0.05, 0.1) is 11.6 Å². The van der Waals surface area contributed by atoms with Gasteiger partial charge in [-0.25, -0.2) is 9.20 Å². The van der Waals surface area contributed by atoms with Gasteiger partial charge >= 0.3 is 5.69 Å². The second kappa shape index (κ2) is 6.70. The van der Waals surface area contributed by atoms with Crippen LogP contribution in [-0.2, 0) is 13.6 Å². The molecular formula is C21H17ClN6O2. The van der Waals surface area contributed by atoms with Crippen LogP contribution in [0.3, 0.4) is 0 Å². The lowest BCUT2D eigenvalue weighted by molar-refractivity contribution is 0.809. The minimum absolute atomic E-state index is 0.343. The van der Waals surface area contributed by atoms with E-state index in [0.29, 0.717) is 39.9 Å². The van der Waals surface area contributed by atoms with Crippen LogP contribution in [0, 0.1) is 6.92 Å². The van der Waals surface area contributed by atoms with Crippen LogP contribution < -0.4 is 11.2 Å². The fourth-order valence-corrected chi connectivity index (χ4v) is 3.90. The van der Waals surface area contributed by atoms with Gasteiger partial charge < -0.3 is 0 Å². The van der Waals surface area contributed by atoms with E-state index in [1.807, 2.05) is 49.4 Å². The molecule has 0 atom stereocenters. The molecule has 8 nitrogen and oxygen atoms in total. The standard InChI is InChI=1S/C21H17ClN6O2/c1-12-7-9-13(10-8-12)11-27-16-18(29)23-21(30)26(2)19(16)28-17(24-25-20(27)28)14-5-3-4-6-15(14)22/h3-10H,11H2,1-2H3,(H,23,29,30). The van der Waals surface area contributed by atoms with Gasteiger partial charge in [-0.05, 0) is 24.6 Å². The van der Waals surface area contributed by atoms with E-state index in [-0.39, 0.29) is 0 Å². The van der Waals surface area contributed by atoms with Gasteiger partial charge in [0, 0.05) is 12.6 Å². The van der Waals surface area contributed by atoms with Crippen molar-refractivity contribution in [2.75, 3.05) is 0 Å². The number of aromatic amines is 1. The summed E-state index contributed by atoms with van der Waals surface area (Å²) in [5.41, 5.74) is 2.56. The van der Waals surface area contributed by atoms with Gasteiger partial charge in [-0.2, -0.15) is 0 Å². The molecule has 1 N–H and O–H groups in total. The summed E-state index contributed by atoms with van der Waals surface area (Å²) in [6.07, 6.45) is 0. The van der Waals surface area contributed by atoms with Crippen molar-refractivity contribution in [1.29, 1.82) is 0 Å². The Balaban J connectivity index is 1.89. The molecule has 5 rings (SSSR count). The van der Waals surface area contributed by atoms with E-state index in [0.717, 1.165) is 11.1 Å². The van der Waals surface area contributed by atoms with E-state index in [1.54, 1.807) is 22.1 Å². The van der Waals surface area contributed by atoms with Crippen molar-refractivity contribution in [2.24, 2.45) is 7.05 Å². The quantitative estimate of drug-likeness (QED) is 0.486. The van der Waals surface area contributed by atoms with Crippen LogP contribution in [0.1, 0.15) is 11.1 Å². The minimum Gasteiger partial charge on any atom is -0.298 e. The lowest BCUT2D eigenvalue weighted by Crippen LogP contribution is -2.29. The molecule has 0 amide bonds. The summed E-state index contributed by atoms with van der Waals surface area (Å²) >= 11 is 6.40. The van der Waals surface area contributed by atoms with Crippen LogP contribution in [0.15, 0.2) is 58.1 Å². The summed E-state index contributed by atoms with van der Waals surface area (Å²) in [4.78, 5) is 27.6. The molecule has 0 saturated carbocycles. The van der Waals surface area contributed by atoms with Gasteiger partial charge in [0.2, 0.25) is 5.78 Å². The zero-order chi connectivity index (χ0) is 21.0. The smallest absolute Gasteiger partial charge is 0.298 e. The highest BCUT2D eigenvalue weighted by Crippen LogP contribution is 2.29. The number of hydrogen-bond donors (Lipinski definition) is 1. The number of fused-ring (bicyclic) bond motifs is 3. The number of rotatable bonds is 3. The predicted octanol–water partition coefficient (Wildman–Crippen LogP) is 2.75. The lowest BCUT2D eigenvalue weighted by Gasteiger charge is -2.06. The summed E-state index contributed by atoms with van der Waals surface area (Å²) in [7, 11) is 1.60. The Morgan fingerprint density at radius 1 is 1.03 bits per heavy atom. The Hall–Kier alpha value is -3.65. The number of hydrogen-bond acceptors (Lipinski definition) is 4. The maximum Gasteiger partial charge on any atom is 0.329 e. The van der Waals surface area contributed by atoms with Gasteiger partial charge in [0.25, 0.3) is 5.56 Å². The number of H-pyrrole nitrogens is 1. The third-order valence-corrected chi connectivity index (χ3v) is 5.54. The van der Waals surface area contributed by atoms with Crippen molar-refractivity contribution in [3.63, 3.8) is 0 Å². The first-order valence-electron chi connectivity index (χ1n) is 9.33. The van der Waals surface area contributed by atoms with Crippen LogP contribution in [-0.4, -0.2) is 28.7 Å². The molecule has 9 heteroatoms. The molecule has 5 aromatic rings. The fraction of sp³-hybridized carbons (Fsp3) is 0.143. The second-order valence-electron chi connectivity index (χ2n) is 7.20. The molecule has 0 bridgehead atoms. The molecular weight excluding hydrogens is 404 g/mol. The number of imidazole rings is 1. The molecule has 0 aliphatic heterocycles. The van der Waals surface area contributed by atoms with E-state index >= 15 is 0 Å². The van der Waals surface area contributed by atoms with Crippen LogP contribution >= 0.6 is 11.6 Å². The van der Waals surface area contributed by atoms with Crippen molar-refractivity contribution in [3.8, 4) is 11.4 Å². The lowest BCUT2D eigenvalue weighted by atomic mass is 10.1. The van der Waals surface area contributed by atoms with Crippen molar-refractivity contribution in [3.05, 3.63) is 85.5 Å². The van der Waals surface area contributed by atoms with Crippen LogP contribution in [0.5, 0.6) is 0 Å². The number of benzene rings is 2. The summed E-state index contributed by atoms with van der Waals surface area (Å²) in [5.74, 6) is 0.913. The first-order chi connectivity index (χ1) is 14.5. The highest BCUT2D eigenvalue weighted by Gasteiger charge is 2.23. The van der Waals surface area contributed by atoms with E-state index in [9.17, 15) is 9.59 Å². The zero-order valence-corrected chi connectivity index (χ0v) is 17.0. The van der Waals surface area contributed by atoms with E-state index in [4.69, 9.17) is 11.6 Å². The van der Waals surface area contributed by atoms with E-state index in [1.165, 1.54) is 4.57 Å². The molecule has 0 unspecified atom stereocenters. The normalized spacial score (nSPS) is 11.6. The van der Waals surface area contributed by atoms with Gasteiger partial charge in [0.1, 0.15) is 0 Å². The van der Waals surface area contributed by atoms with Gasteiger partial charge in [-0.15, -0.1) is 10.2 Å². The molecule has 0 aliphatic rings. The molecule has 30 heavy (non-hydrogen) atoms. The average Bonchev–Trinajstić information content (AvgIpc) is 3.28. The number of aryl methyl sites for hydroxylation is 2. The molecule has 3 heterocycles. The second-order valence-corrected chi connectivity index (χ2v) is 7.61. The Kier molecular flexibility index (Phi) is 4.11. The summed E-state index contributed by atoms with van der Waals surface area (Å²) in [6, 6.07) is 15.3. The third-order valence-electron chi connectivity index (χ3n) is 5.21. The summed E-state index contributed by atoms with van der Waals surface area (Å²) in [5, 5.41) is 9.18. The molecule has 2 aromatic carbocycles. The number of nitrogens with zero attached hydrogens (tertiary/aromatic N) is 5. The maximum atomic E-state index is 12.8. The van der Waals surface area contributed by atoms with Gasteiger partial charge in [-0.3, -0.25) is 18.9 Å². The number of aromatic nitrogens is 6. The average molecular weight is 421 g/mol. The van der Waals surface area contributed by atoms with Crippen LogP contribution in [0.2, 0.25) is 5.02 Å². The maximum absolute atomic E-state index is 12.8. The molecule has 0 fully saturated rings. The monoisotopic (exact) mass is 420 g/mol. The van der Waals surface area contributed by atoms with E-state index < -0.39 is 11.2 Å². The first-order valence-corrected chi connectivity index (χ1v) is 9.70. The zero-order valence-electron chi connectivity index (χ0n) is 16.3. The van der Waals surface area contributed by atoms with E-state index in [2.05, 4.69) is 15.2 Å². The highest BCUT2D eigenvalue weighted by molar-refractivity contribution is 6.33. The minimum atomic E-state index is -0.513. The molecule has 3 aromatic heterocycles. The Morgan fingerprint density at radius 3 is 2.50 bits per heavy atom. The van der Waals surface area contributed by atoms with Crippen molar-refractivity contribution in [1.82, 2.24) is 28.7 Å². The molecule has 0 saturated heterocycles. The summed E-state index contributed by atoms with van der Waals surface area (Å²) < 4.78 is 4.87. The number of nitrogens with one attached hydrogen (secondary N) is 1. The van der Waals surface area contributed by atoms with Gasteiger partial charge in [-0.1, -0.05) is 53.6 Å². The molecule has 0 spiro atoms. The SMILES string of the molecule is Cc1ccc(Cn2c3c(=O)[nH]c(=O)n(C)c3n3c(-c4ccccc4Cl)nnc23)cc1. The largest absolute Gasteiger partial charge is 0.329 e. The van der Waals surface area contributed by atoms with Crippen LogP contribution in [0.4, 0.5) is 0 Å². The Bertz CT molecular complexity index is 1540. The fourth-order valence-electron chi connectivity index (χ4n) is 3.68. The van der Waals surface area contributed by atoms with Crippen molar-refractivity contribution in [2.45, 2.75) is 13.5 Å². The predicted molar refractivity (Wildman–Crippen MR) is 115 cm³/mol. The Labute approximate surface area is 175 Å². The first kappa shape index (κ1) is 18.4. The van der Waals surface area contributed by atoms with Crippen LogP contribution in [0.25, 0.3) is 28.3 Å². The van der Waals surface area contributed by atoms with Gasteiger partial charge in [0.15, 0.2) is 17.0 Å². The topological polar surface area (TPSA) is 90.0 Å². The van der Waals surface area contributed by atoms with Crippen molar-refractivity contribution < 1.29 is 0 Å². The Morgan fingerprint density at radius 2 is 1.77 bits per heavy atom. The highest BCUT2D eigenvalue weighted by atomic mass is 35.5. The molecule has 0 radical (unpaired) electrons. The molecule has 150 valence electrons.